The van der Waals surface area contributed by atoms with Crippen molar-refractivity contribution >= 4 is 10.8 Å². The fourth-order valence-electron chi connectivity index (χ4n) is 3.65. The largest absolute Gasteiger partial charge is 0.0683 e. The van der Waals surface area contributed by atoms with Crippen LogP contribution in [0.5, 0.6) is 0 Å². The Hall–Kier alpha value is -3.64. The number of unbranched alkanes of at least 4 members (excludes halogenated alkanes) is 3. The van der Waals surface area contributed by atoms with Crippen LogP contribution in [-0.4, -0.2) is 0 Å². The van der Waals surface area contributed by atoms with E-state index in [1.807, 2.05) is 38.1 Å². The van der Waals surface area contributed by atoms with E-state index in [-0.39, 0.29) is 0 Å². The van der Waals surface area contributed by atoms with Crippen LogP contribution in [0, 0.1) is 38.0 Å². The van der Waals surface area contributed by atoms with Crippen molar-refractivity contribution < 1.29 is 0 Å². The maximum atomic E-state index is 2.22. The lowest BCUT2D eigenvalue weighted by Gasteiger charge is -2.05. The van der Waals surface area contributed by atoms with Crippen LogP contribution >= 0.6 is 0 Å². The second-order valence-corrected chi connectivity index (χ2v) is 17.3. The standard InChI is InChI=1S/C13H12.C11H10.C7H8.3C5H12.2C4H10.C3H8.C2H6/c1-11-7-9-13(10-8-11)12-5-3-2-4-6-12;1-9-5-4-7-10-6-2-3-8-11(9)10;1-7-5-3-2-4-6-7;1-5(2,3)4;1-4-5(2)3;1-3-5-4-2;1-4(2)3;1-3-4-2;1-3-2;1-2/h2-10H,1H3;2-8H,1H3;2-6H,1H3;1-4H3;5H,4H2,1-3H3;3-5H2,1-2H3;4H,1-3H3;3-4H2,1-2H3;3H2,1-2H3;1-2H3. The fourth-order valence-corrected chi connectivity index (χ4v) is 3.65. The summed E-state index contributed by atoms with van der Waals surface area (Å²) in [5, 5.41) is 2.68. The van der Waals surface area contributed by atoms with Gasteiger partial charge in [-0.05, 0) is 65.5 Å². The first kappa shape index (κ1) is 64.5. The molecule has 0 amide bonds. The zero-order valence-corrected chi connectivity index (χ0v) is 43.2. The van der Waals surface area contributed by atoms with E-state index < -0.39 is 0 Å². The van der Waals surface area contributed by atoms with E-state index in [1.165, 1.54) is 83.5 Å². The Morgan fingerprint density at radius 3 is 1.05 bits per heavy atom. The van der Waals surface area contributed by atoms with Gasteiger partial charge < -0.3 is 0 Å². The lowest BCUT2D eigenvalue weighted by molar-refractivity contribution is 0.469. The molecular formula is C59H100. The molecule has 0 aliphatic rings. The summed E-state index contributed by atoms with van der Waals surface area (Å²) >= 11 is 0. The number of benzene rings is 5. The van der Waals surface area contributed by atoms with Crippen LogP contribution in [0.3, 0.4) is 0 Å². The third-order valence-corrected chi connectivity index (χ3v) is 7.13. The molecule has 5 aromatic rings. The van der Waals surface area contributed by atoms with Crippen LogP contribution in [0.15, 0.2) is 127 Å². The normalized spacial score (nSPS) is 9.20. The quantitative estimate of drug-likeness (QED) is 0.166. The maximum Gasteiger partial charge on any atom is -0.0155 e. The van der Waals surface area contributed by atoms with Gasteiger partial charge >= 0.3 is 0 Å². The molecule has 0 fully saturated rings. The number of aryl methyl sites for hydroxylation is 3. The highest BCUT2D eigenvalue weighted by molar-refractivity contribution is 5.85. The minimum Gasteiger partial charge on any atom is -0.0683 e. The third kappa shape index (κ3) is 54.4. The van der Waals surface area contributed by atoms with Gasteiger partial charge in [0.2, 0.25) is 0 Å². The summed E-state index contributed by atoms with van der Waals surface area (Å²) in [6, 6.07) is 44.1. The molecule has 0 atom stereocenters. The van der Waals surface area contributed by atoms with E-state index in [0.29, 0.717) is 5.41 Å². The summed E-state index contributed by atoms with van der Waals surface area (Å²) in [6.07, 6.45) is 9.27. The molecule has 0 heterocycles. The molecule has 0 N–H and O–H groups in total. The van der Waals surface area contributed by atoms with Gasteiger partial charge in [0, 0.05) is 0 Å². The van der Waals surface area contributed by atoms with Gasteiger partial charge in [0.1, 0.15) is 0 Å². The lowest BCUT2D eigenvalue weighted by atomic mass is 10.0. The minimum atomic E-state index is 0.500. The predicted octanol–water partition coefficient (Wildman–Crippen LogP) is 21.0. The van der Waals surface area contributed by atoms with Gasteiger partial charge in [-0.1, -0.05) is 308 Å². The molecule has 0 saturated heterocycles. The molecule has 0 aliphatic carbocycles. The Kier molecular flexibility index (Phi) is 51.4. The molecule has 0 unspecified atom stereocenters. The van der Waals surface area contributed by atoms with Crippen molar-refractivity contribution in [2.75, 3.05) is 0 Å². The molecule has 5 rings (SSSR count). The first-order valence-electron chi connectivity index (χ1n) is 23.5. The smallest absolute Gasteiger partial charge is 0.0155 e. The molecule has 0 radical (unpaired) electrons. The highest BCUT2D eigenvalue weighted by Gasteiger charge is 1.96. The third-order valence-electron chi connectivity index (χ3n) is 7.13. The van der Waals surface area contributed by atoms with Gasteiger partial charge in [0.25, 0.3) is 0 Å². The van der Waals surface area contributed by atoms with Crippen LogP contribution < -0.4 is 0 Å². The topological polar surface area (TPSA) is 0 Å². The number of hydrogen-bond acceptors (Lipinski definition) is 0. The van der Waals surface area contributed by atoms with Crippen molar-refractivity contribution in [3.8, 4) is 11.1 Å². The molecular weight excluding hydrogens is 709 g/mol. The zero-order valence-electron chi connectivity index (χ0n) is 43.2. The molecule has 0 nitrogen and oxygen atoms in total. The van der Waals surface area contributed by atoms with Crippen LogP contribution in [0.4, 0.5) is 0 Å². The van der Waals surface area contributed by atoms with E-state index in [9.17, 15) is 0 Å². The average Bonchev–Trinajstić information content (AvgIpc) is 3.21. The molecule has 0 aromatic heterocycles. The first-order chi connectivity index (χ1) is 27.9. The van der Waals surface area contributed by atoms with E-state index in [1.54, 1.807) is 0 Å². The van der Waals surface area contributed by atoms with Gasteiger partial charge in [-0.25, -0.2) is 0 Å². The van der Waals surface area contributed by atoms with E-state index in [4.69, 9.17) is 0 Å². The Morgan fingerprint density at radius 2 is 0.746 bits per heavy atom. The van der Waals surface area contributed by atoms with Crippen molar-refractivity contribution in [1.82, 2.24) is 0 Å². The van der Waals surface area contributed by atoms with Crippen LogP contribution in [0.2, 0.25) is 0 Å². The van der Waals surface area contributed by atoms with Crippen molar-refractivity contribution in [1.29, 1.82) is 0 Å². The zero-order chi connectivity index (χ0) is 46.5. The number of hydrogen-bond donors (Lipinski definition) is 0. The molecule has 0 aliphatic heterocycles. The fraction of sp³-hybridized carbons (Fsp3) is 0.525. The minimum absolute atomic E-state index is 0.500. The van der Waals surface area contributed by atoms with E-state index >= 15 is 0 Å². The van der Waals surface area contributed by atoms with Gasteiger partial charge in [-0.3, -0.25) is 0 Å². The average molecular weight is 809 g/mol. The number of fused-ring (bicyclic) bond motifs is 1. The second kappa shape index (κ2) is 47.0. The summed E-state index contributed by atoms with van der Waals surface area (Å²) in [4.78, 5) is 0. The van der Waals surface area contributed by atoms with Crippen molar-refractivity contribution in [2.45, 2.75) is 190 Å². The van der Waals surface area contributed by atoms with E-state index in [0.717, 1.165) is 11.8 Å². The van der Waals surface area contributed by atoms with Crippen LogP contribution in [0.25, 0.3) is 21.9 Å². The van der Waals surface area contributed by atoms with E-state index in [2.05, 4.69) is 235 Å². The predicted molar refractivity (Wildman–Crippen MR) is 280 cm³/mol. The highest BCUT2D eigenvalue weighted by atomic mass is 14.0. The van der Waals surface area contributed by atoms with Crippen LogP contribution in [0.1, 0.15) is 186 Å². The maximum absolute atomic E-state index is 2.22. The summed E-state index contributed by atoms with van der Waals surface area (Å²) in [7, 11) is 0. The first-order valence-corrected chi connectivity index (χ1v) is 23.5. The molecule has 336 valence electrons. The molecule has 59 heavy (non-hydrogen) atoms. The van der Waals surface area contributed by atoms with Gasteiger partial charge in [-0.2, -0.15) is 0 Å². The molecule has 0 spiro atoms. The Bertz CT molecular complexity index is 1450. The van der Waals surface area contributed by atoms with Crippen molar-refractivity contribution in [2.24, 2.45) is 17.3 Å². The summed E-state index contributed by atoms with van der Waals surface area (Å²) in [5.74, 6) is 1.72. The number of rotatable bonds is 5. The van der Waals surface area contributed by atoms with Gasteiger partial charge in [0.15, 0.2) is 0 Å². The van der Waals surface area contributed by atoms with Crippen LogP contribution in [-0.2, 0) is 0 Å². The van der Waals surface area contributed by atoms with Crippen molar-refractivity contribution in [3.05, 3.63) is 144 Å². The summed E-state index contributed by atoms with van der Waals surface area (Å²) in [6.45, 7) is 45.3. The molecule has 0 saturated carbocycles. The Labute approximate surface area is 372 Å². The van der Waals surface area contributed by atoms with Gasteiger partial charge in [0.05, 0.1) is 0 Å². The lowest BCUT2D eigenvalue weighted by Crippen LogP contribution is -1.93. The SMILES string of the molecule is CC.CC(C)(C)C.CC(C)C.CCC.CCC(C)C.CCCC.CCCCC.Cc1ccc(-c2ccccc2)cc1.Cc1cccc2ccccc12.Cc1ccccc1. The Morgan fingerprint density at radius 1 is 0.424 bits per heavy atom. The monoisotopic (exact) mass is 809 g/mol. The summed E-state index contributed by atoms with van der Waals surface area (Å²) < 4.78 is 0. The second-order valence-electron chi connectivity index (χ2n) is 17.3. The van der Waals surface area contributed by atoms with Gasteiger partial charge in [-0.15, -0.1) is 0 Å². The highest BCUT2D eigenvalue weighted by Crippen LogP contribution is 2.19. The Balaban J connectivity index is -0.000000193. The summed E-state index contributed by atoms with van der Waals surface area (Å²) in [5.41, 5.74) is 7.04. The van der Waals surface area contributed by atoms with Crippen molar-refractivity contribution in [3.63, 3.8) is 0 Å². The molecule has 5 aromatic carbocycles. The molecule has 0 heteroatoms. The molecule has 0 bridgehead atoms.